The van der Waals surface area contributed by atoms with E-state index in [1.807, 2.05) is 0 Å². The van der Waals surface area contributed by atoms with Crippen LogP contribution in [-0.4, -0.2) is 34.0 Å². The predicted octanol–water partition coefficient (Wildman–Crippen LogP) is 4.16. The molecule has 2 N–H and O–H groups in total. The summed E-state index contributed by atoms with van der Waals surface area (Å²) in [5, 5.41) is 21.6. The van der Waals surface area contributed by atoms with E-state index in [2.05, 4.69) is 34.3 Å². The van der Waals surface area contributed by atoms with E-state index >= 15 is 0 Å². The molecular weight excluding hydrogens is 328 g/mol. The van der Waals surface area contributed by atoms with Gasteiger partial charge in [-0.3, -0.25) is 4.79 Å². The van der Waals surface area contributed by atoms with Gasteiger partial charge in [0.05, 0.1) is 5.60 Å². The lowest BCUT2D eigenvalue weighted by Gasteiger charge is -2.54. The van der Waals surface area contributed by atoms with Crippen molar-refractivity contribution in [3.63, 3.8) is 0 Å². The number of allylic oxidation sites excluding steroid dienone is 1. The predicted molar refractivity (Wildman–Crippen MR) is 104 cm³/mol. The quantitative estimate of drug-likeness (QED) is 0.568. The Labute approximate surface area is 158 Å². The zero-order valence-corrected chi connectivity index (χ0v) is 17.3. The highest BCUT2D eigenvalue weighted by atomic mass is 16.6. The average molecular weight is 365 g/mol. The molecule has 1 unspecified atom stereocenters. The zero-order valence-electron chi connectivity index (χ0n) is 17.3. The number of aliphatic hydroxyl groups excluding tert-OH is 1. The first-order chi connectivity index (χ1) is 11.9. The van der Waals surface area contributed by atoms with Crippen LogP contribution in [0.15, 0.2) is 23.8 Å². The van der Waals surface area contributed by atoms with Crippen LogP contribution in [0.2, 0.25) is 0 Å². The number of aliphatic hydroxyl groups is 2. The standard InChI is InChI=1S/C22H36O4/c1-8-21(6,25)12-13-22(7)14(2)19(26-15(3)23)18(24)17-16(22)10-9-11-20(17,4)5/h8,14,18-19,24-25H,1,9-13H2,2-7H3/t14-,18+,19-,21?,22-/m1/s1. The average Bonchev–Trinajstić information content (AvgIpc) is 2.54. The summed E-state index contributed by atoms with van der Waals surface area (Å²) in [4.78, 5) is 11.7. The Hall–Kier alpha value is -1.13. The molecule has 0 amide bonds. The normalized spacial score (nSPS) is 36.1. The van der Waals surface area contributed by atoms with Crippen LogP contribution in [0, 0.1) is 16.7 Å². The fourth-order valence-electron chi connectivity index (χ4n) is 4.98. The number of esters is 1. The van der Waals surface area contributed by atoms with Gasteiger partial charge in [0, 0.05) is 12.8 Å². The van der Waals surface area contributed by atoms with E-state index in [0.717, 1.165) is 31.3 Å². The highest BCUT2D eigenvalue weighted by Crippen LogP contribution is 2.57. The van der Waals surface area contributed by atoms with Crippen molar-refractivity contribution in [3.8, 4) is 0 Å². The van der Waals surface area contributed by atoms with Gasteiger partial charge in [-0.25, -0.2) is 0 Å². The van der Waals surface area contributed by atoms with Gasteiger partial charge in [-0.15, -0.1) is 6.58 Å². The maximum Gasteiger partial charge on any atom is 0.303 e. The molecule has 4 nitrogen and oxygen atoms in total. The van der Waals surface area contributed by atoms with E-state index in [9.17, 15) is 15.0 Å². The lowest BCUT2D eigenvalue weighted by Crippen LogP contribution is -2.53. The lowest BCUT2D eigenvalue weighted by atomic mass is 9.53. The Morgan fingerprint density at radius 2 is 2.04 bits per heavy atom. The van der Waals surface area contributed by atoms with Crippen LogP contribution < -0.4 is 0 Å². The SMILES string of the molecule is C=CC(C)(O)CC[C@@]1(C)C2=C([C@H](O)[C@H](OC(C)=O)[C@H]1C)C(C)(C)CCC2. The Bertz CT molecular complexity index is 601. The van der Waals surface area contributed by atoms with Gasteiger partial charge in [-0.1, -0.05) is 39.3 Å². The summed E-state index contributed by atoms with van der Waals surface area (Å²) in [5.41, 5.74) is 1.07. The zero-order chi connectivity index (χ0) is 19.9. The van der Waals surface area contributed by atoms with E-state index in [4.69, 9.17) is 4.74 Å². The van der Waals surface area contributed by atoms with Gasteiger partial charge in [0.2, 0.25) is 0 Å². The minimum absolute atomic E-state index is 0.0327. The van der Waals surface area contributed by atoms with Crippen LogP contribution in [0.3, 0.4) is 0 Å². The van der Waals surface area contributed by atoms with Gasteiger partial charge in [0.1, 0.15) is 12.2 Å². The fraction of sp³-hybridized carbons (Fsp3) is 0.773. The maximum atomic E-state index is 11.7. The van der Waals surface area contributed by atoms with Gasteiger partial charge in [-0.2, -0.15) is 0 Å². The molecule has 2 aliphatic carbocycles. The van der Waals surface area contributed by atoms with Crippen LogP contribution in [0.5, 0.6) is 0 Å². The molecule has 0 spiro atoms. The van der Waals surface area contributed by atoms with Gasteiger partial charge < -0.3 is 14.9 Å². The van der Waals surface area contributed by atoms with Gasteiger partial charge >= 0.3 is 5.97 Å². The molecule has 0 radical (unpaired) electrons. The molecular formula is C22H36O4. The number of rotatable bonds is 5. The highest BCUT2D eigenvalue weighted by Gasteiger charge is 2.53. The van der Waals surface area contributed by atoms with E-state index in [1.165, 1.54) is 12.5 Å². The molecule has 5 atom stereocenters. The van der Waals surface area contributed by atoms with Crippen molar-refractivity contribution in [2.45, 2.75) is 91.5 Å². The molecule has 0 aromatic carbocycles. The first kappa shape index (κ1) is 21.2. The number of carbonyl (C=O) groups is 1. The third-order valence-electron chi connectivity index (χ3n) is 6.97. The first-order valence-corrected chi connectivity index (χ1v) is 9.81. The Morgan fingerprint density at radius 3 is 2.58 bits per heavy atom. The van der Waals surface area contributed by atoms with E-state index in [1.54, 1.807) is 13.0 Å². The lowest BCUT2D eigenvalue weighted by molar-refractivity contribution is -0.161. The molecule has 26 heavy (non-hydrogen) atoms. The molecule has 0 aromatic heterocycles. The van der Waals surface area contributed by atoms with Crippen LogP contribution in [0.25, 0.3) is 0 Å². The molecule has 0 bridgehead atoms. The van der Waals surface area contributed by atoms with Crippen molar-refractivity contribution < 1.29 is 19.7 Å². The molecule has 0 aliphatic heterocycles. The third-order valence-corrected chi connectivity index (χ3v) is 6.97. The van der Waals surface area contributed by atoms with Crippen molar-refractivity contribution in [1.82, 2.24) is 0 Å². The Kier molecular flexibility index (Phi) is 5.80. The smallest absolute Gasteiger partial charge is 0.303 e. The van der Waals surface area contributed by atoms with Gasteiger partial charge in [0.15, 0.2) is 0 Å². The Morgan fingerprint density at radius 1 is 1.42 bits per heavy atom. The second-order valence-corrected chi connectivity index (χ2v) is 9.42. The molecule has 0 saturated carbocycles. The molecule has 2 aliphatic rings. The number of ether oxygens (including phenoxy) is 1. The van der Waals surface area contributed by atoms with Gasteiger partial charge in [-0.05, 0) is 55.4 Å². The summed E-state index contributed by atoms with van der Waals surface area (Å²) >= 11 is 0. The topological polar surface area (TPSA) is 66.8 Å². The minimum Gasteiger partial charge on any atom is -0.459 e. The molecule has 148 valence electrons. The largest absolute Gasteiger partial charge is 0.459 e. The molecule has 4 heteroatoms. The maximum absolute atomic E-state index is 11.7. The minimum atomic E-state index is -0.930. The number of hydrogen-bond donors (Lipinski definition) is 2. The van der Waals surface area contributed by atoms with Crippen molar-refractivity contribution in [1.29, 1.82) is 0 Å². The van der Waals surface area contributed by atoms with Crippen LogP contribution in [0.4, 0.5) is 0 Å². The molecule has 0 fully saturated rings. The second-order valence-electron chi connectivity index (χ2n) is 9.42. The Balaban J connectivity index is 2.53. The van der Waals surface area contributed by atoms with Crippen molar-refractivity contribution >= 4 is 5.97 Å². The summed E-state index contributed by atoms with van der Waals surface area (Å²) in [7, 11) is 0. The van der Waals surface area contributed by atoms with Gasteiger partial charge in [0.25, 0.3) is 0 Å². The highest BCUT2D eigenvalue weighted by molar-refractivity contribution is 5.66. The summed E-state index contributed by atoms with van der Waals surface area (Å²) in [6.07, 6.45) is 4.68. The molecule has 0 heterocycles. The van der Waals surface area contributed by atoms with E-state index in [0.29, 0.717) is 6.42 Å². The number of hydrogen-bond acceptors (Lipinski definition) is 4. The first-order valence-electron chi connectivity index (χ1n) is 9.81. The number of carbonyl (C=O) groups excluding carboxylic acids is 1. The van der Waals surface area contributed by atoms with E-state index < -0.39 is 17.8 Å². The summed E-state index contributed by atoms with van der Waals surface area (Å²) in [6.45, 7) is 15.5. The van der Waals surface area contributed by atoms with Crippen molar-refractivity contribution in [2.24, 2.45) is 16.7 Å². The monoisotopic (exact) mass is 364 g/mol. The van der Waals surface area contributed by atoms with Crippen molar-refractivity contribution in [2.75, 3.05) is 0 Å². The summed E-state index contributed by atoms with van der Waals surface area (Å²) < 4.78 is 5.61. The molecule has 0 saturated heterocycles. The summed E-state index contributed by atoms with van der Waals surface area (Å²) in [5.74, 6) is -0.395. The van der Waals surface area contributed by atoms with E-state index in [-0.39, 0.29) is 22.7 Å². The van der Waals surface area contributed by atoms with Crippen LogP contribution >= 0.6 is 0 Å². The van der Waals surface area contributed by atoms with Crippen LogP contribution in [0.1, 0.15) is 73.6 Å². The third kappa shape index (κ3) is 3.77. The molecule has 0 aromatic rings. The molecule has 2 rings (SSSR count). The van der Waals surface area contributed by atoms with Crippen molar-refractivity contribution in [3.05, 3.63) is 23.8 Å². The fourth-order valence-corrected chi connectivity index (χ4v) is 4.98. The van der Waals surface area contributed by atoms with Crippen LogP contribution in [-0.2, 0) is 9.53 Å². The summed E-state index contributed by atoms with van der Waals surface area (Å²) in [6, 6.07) is 0. The second kappa shape index (κ2) is 7.12.